The van der Waals surface area contributed by atoms with Crippen molar-refractivity contribution in [2.75, 3.05) is 0 Å². The van der Waals surface area contributed by atoms with Crippen molar-refractivity contribution in [2.24, 2.45) is 23.7 Å². The van der Waals surface area contributed by atoms with Crippen molar-refractivity contribution < 1.29 is 19.4 Å². The third-order valence-corrected chi connectivity index (χ3v) is 5.56. The number of ketones is 1. The molecule has 0 aromatic heterocycles. The number of hydrogen-bond acceptors (Lipinski definition) is 4. The molecule has 2 rings (SSSR count). The van der Waals surface area contributed by atoms with Gasteiger partial charge in [0.25, 0.3) is 0 Å². The molecule has 1 N–H and O–H groups in total. The Bertz CT molecular complexity index is 611. The number of ether oxygens (including phenoxy) is 1. The normalized spacial score (nSPS) is 35.5. The highest BCUT2D eigenvalue weighted by Crippen LogP contribution is 2.52. The lowest BCUT2D eigenvalue weighted by molar-refractivity contribution is -0.160. The molecular formula is C20H28O4. The zero-order chi connectivity index (χ0) is 18.2. The van der Waals surface area contributed by atoms with Crippen LogP contribution in [0.5, 0.6) is 0 Å². The summed E-state index contributed by atoms with van der Waals surface area (Å²) < 4.78 is 5.68. The number of hydrogen-bond donors (Lipinski definition) is 1. The summed E-state index contributed by atoms with van der Waals surface area (Å²) in [5, 5.41) is 10.7. The standard InChI is InChI=1S/C20H28O4/c1-7-11(5)20(23)24-19-16(10(3)4)17-13(8-2)15(21)9-14(17)12(6)18(19)22/h7-8,10,14,16-19,22H,6,9H2,1-5H3/b11-7-,13-8-/t14-,16-,17+,18-,19-/m0/s1. The largest absolute Gasteiger partial charge is 0.456 e. The van der Waals surface area contributed by atoms with E-state index < -0.39 is 18.2 Å². The number of carbonyl (C=O) groups excluding carboxylic acids is 2. The number of rotatable bonds is 3. The molecule has 2 saturated carbocycles. The van der Waals surface area contributed by atoms with E-state index in [-0.39, 0.29) is 29.5 Å². The first kappa shape index (κ1) is 18.7. The Kier molecular flexibility index (Phi) is 5.49. The first-order valence-electron chi connectivity index (χ1n) is 8.64. The minimum absolute atomic E-state index is 0.0397. The van der Waals surface area contributed by atoms with Crippen molar-refractivity contribution in [3.8, 4) is 0 Å². The molecule has 0 aliphatic heterocycles. The predicted octanol–water partition coefficient (Wildman–Crippen LogP) is 3.22. The summed E-state index contributed by atoms with van der Waals surface area (Å²) in [5.41, 5.74) is 1.90. The van der Waals surface area contributed by atoms with Crippen LogP contribution in [0.4, 0.5) is 0 Å². The molecule has 4 nitrogen and oxygen atoms in total. The van der Waals surface area contributed by atoms with Gasteiger partial charge in [-0.25, -0.2) is 4.79 Å². The molecular weight excluding hydrogens is 304 g/mol. The fraction of sp³-hybridized carbons (Fsp3) is 0.600. The first-order chi connectivity index (χ1) is 11.2. The van der Waals surface area contributed by atoms with Gasteiger partial charge in [0.2, 0.25) is 0 Å². The van der Waals surface area contributed by atoms with Crippen molar-refractivity contribution in [1.82, 2.24) is 0 Å². The maximum Gasteiger partial charge on any atom is 0.333 e. The Morgan fingerprint density at radius 1 is 1.38 bits per heavy atom. The van der Waals surface area contributed by atoms with Crippen LogP contribution in [0.1, 0.15) is 41.0 Å². The maximum atomic E-state index is 12.4. The molecule has 132 valence electrons. The zero-order valence-electron chi connectivity index (χ0n) is 15.2. The van der Waals surface area contributed by atoms with Crippen molar-refractivity contribution >= 4 is 11.8 Å². The minimum atomic E-state index is -0.934. The Labute approximate surface area is 144 Å². The van der Waals surface area contributed by atoms with Crippen LogP contribution in [0.2, 0.25) is 0 Å². The topological polar surface area (TPSA) is 63.6 Å². The van der Waals surface area contributed by atoms with Crippen LogP contribution in [0.3, 0.4) is 0 Å². The molecule has 4 heteroatoms. The van der Waals surface area contributed by atoms with Crippen LogP contribution in [-0.2, 0) is 14.3 Å². The number of aliphatic hydroxyl groups excluding tert-OH is 1. The fourth-order valence-electron chi connectivity index (χ4n) is 4.15. The van der Waals surface area contributed by atoms with Gasteiger partial charge < -0.3 is 9.84 Å². The van der Waals surface area contributed by atoms with E-state index in [1.54, 1.807) is 19.9 Å². The Morgan fingerprint density at radius 3 is 2.50 bits per heavy atom. The number of carbonyl (C=O) groups is 2. The molecule has 0 aromatic carbocycles. The van der Waals surface area contributed by atoms with Gasteiger partial charge in [-0.2, -0.15) is 0 Å². The van der Waals surface area contributed by atoms with Gasteiger partial charge in [0, 0.05) is 23.8 Å². The summed E-state index contributed by atoms with van der Waals surface area (Å²) in [6.45, 7) is 13.4. The van der Waals surface area contributed by atoms with Crippen LogP contribution in [0, 0.1) is 23.7 Å². The van der Waals surface area contributed by atoms with Gasteiger partial charge in [-0.3, -0.25) is 4.79 Å². The Balaban J connectivity index is 2.44. The van der Waals surface area contributed by atoms with E-state index in [9.17, 15) is 14.7 Å². The highest BCUT2D eigenvalue weighted by atomic mass is 16.6. The molecule has 24 heavy (non-hydrogen) atoms. The molecule has 0 bridgehead atoms. The van der Waals surface area contributed by atoms with E-state index in [4.69, 9.17) is 4.74 Å². The summed E-state index contributed by atoms with van der Waals surface area (Å²) in [5.74, 6) is -0.370. The third-order valence-electron chi connectivity index (χ3n) is 5.56. The summed E-state index contributed by atoms with van der Waals surface area (Å²) in [4.78, 5) is 24.6. The highest BCUT2D eigenvalue weighted by Gasteiger charge is 2.54. The summed E-state index contributed by atoms with van der Waals surface area (Å²) in [7, 11) is 0. The van der Waals surface area contributed by atoms with Crippen molar-refractivity contribution in [1.29, 1.82) is 0 Å². The fourth-order valence-corrected chi connectivity index (χ4v) is 4.15. The van der Waals surface area contributed by atoms with Crippen molar-refractivity contribution in [3.05, 3.63) is 35.5 Å². The lowest BCUT2D eigenvalue weighted by Gasteiger charge is -2.45. The molecule has 2 aliphatic carbocycles. The molecule has 2 fully saturated rings. The number of Topliss-reactive ketones (excluding diaryl/α,β-unsaturated/α-hetero) is 1. The van der Waals surface area contributed by atoms with E-state index in [1.165, 1.54) is 0 Å². The van der Waals surface area contributed by atoms with E-state index in [0.29, 0.717) is 17.6 Å². The van der Waals surface area contributed by atoms with Crippen molar-refractivity contribution in [2.45, 2.75) is 53.2 Å². The van der Waals surface area contributed by atoms with E-state index in [2.05, 4.69) is 6.58 Å². The van der Waals surface area contributed by atoms with Crippen LogP contribution in [0.15, 0.2) is 35.5 Å². The monoisotopic (exact) mass is 332 g/mol. The van der Waals surface area contributed by atoms with Crippen LogP contribution in [-0.4, -0.2) is 29.1 Å². The lowest BCUT2D eigenvalue weighted by Crippen LogP contribution is -2.51. The second-order valence-electron chi connectivity index (χ2n) is 7.19. The molecule has 0 aromatic rings. The van der Waals surface area contributed by atoms with Gasteiger partial charge in [0.15, 0.2) is 5.78 Å². The van der Waals surface area contributed by atoms with Crippen LogP contribution >= 0.6 is 0 Å². The SMILES string of the molecule is C=C1[C@H](O)[C@@H](OC(=O)/C(C)=C\C)[C@@H](C(C)C)[C@@H]2/C(=C\C)C(=O)C[C@@H]12. The summed E-state index contributed by atoms with van der Waals surface area (Å²) in [6.07, 6.45) is 2.33. The van der Waals surface area contributed by atoms with Gasteiger partial charge in [0.1, 0.15) is 12.2 Å². The highest BCUT2D eigenvalue weighted by molar-refractivity contribution is 5.99. The Morgan fingerprint density at radius 2 is 2.00 bits per heavy atom. The first-order valence-corrected chi connectivity index (χ1v) is 8.64. The number of allylic oxidation sites excluding steroid dienone is 3. The molecule has 0 unspecified atom stereocenters. The summed E-state index contributed by atoms with van der Waals surface area (Å²) in [6, 6.07) is 0. The molecule has 5 atom stereocenters. The zero-order valence-corrected chi connectivity index (χ0v) is 15.2. The van der Waals surface area contributed by atoms with Crippen molar-refractivity contribution in [3.63, 3.8) is 0 Å². The second kappa shape index (κ2) is 7.06. The molecule has 0 amide bonds. The average molecular weight is 332 g/mol. The van der Waals surface area contributed by atoms with E-state index in [0.717, 1.165) is 5.57 Å². The van der Waals surface area contributed by atoms with Crippen LogP contribution < -0.4 is 0 Å². The predicted molar refractivity (Wildman–Crippen MR) is 93.1 cm³/mol. The maximum absolute atomic E-state index is 12.4. The lowest BCUT2D eigenvalue weighted by atomic mass is 9.64. The molecule has 2 aliphatic rings. The second-order valence-corrected chi connectivity index (χ2v) is 7.19. The van der Waals surface area contributed by atoms with Gasteiger partial charge in [-0.05, 0) is 43.8 Å². The Hall–Kier alpha value is -1.68. The van der Waals surface area contributed by atoms with Gasteiger partial charge in [-0.15, -0.1) is 0 Å². The van der Waals surface area contributed by atoms with E-state index >= 15 is 0 Å². The number of fused-ring (bicyclic) bond motifs is 1. The molecule has 0 spiro atoms. The smallest absolute Gasteiger partial charge is 0.333 e. The van der Waals surface area contributed by atoms with Crippen LogP contribution in [0.25, 0.3) is 0 Å². The molecule has 0 radical (unpaired) electrons. The minimum Gasteiger partial charge on any atom is -0.456 e. The molecule has 0 heterocycles. The third kappa shape index (κ3) is 3.00. The quantitative estimate of drug-likeness (QED) is 0.490. The number of esters is 1. The number of aliphatic hydroxyl groups is 1. The molecule has 0 saturated heterocycles. The average Bonchev–Trinajstić information content (AvgIpc) is 2.87. The van der Waals surface area contributed by atoms with E-state index in [1.807, 2.05) is 26.8 Å². The van der Waals surface area contributed by atoms with Gasteiger partial charge in [0.05, 0.1) is 0 Å². The van der Waals surface area contributed by atoms with Gasteiger partial charge in [-0.1, -0.05) is 32.6 Å². The summed E-state index contributed by atoms with van der Waals surface area (Å²) >= 11 is 0. The van der Waals surface area contributed by atoms with Gasteiger partial charge >= 0.3 is 5.97 Å².